The number of aromatic nitrogens is 3. The molecule has 0 amide bonds. The van der Waals surface area contributed by atoms with Gasteiger partial charge >= 0.3 is 0 Å². The standard InChI is InChI=1S/C31H35N5O/c1-2-23-4-3-5-25(16-23)28-18-34-36-19-26(17-33-29(28)36)24-6-8-27(9-7-24)37-31(10-11-31)22-35-14-12-30(13-15-35)20-32-21-30/h3-9,16-19,32H,2,10-15,20-22H2,1H3. The molecular formula is C31H35N5O. The molecule has 0 atom stereocenters. The van der Waals surface area contributed by atoms with Crippen molar-refractivity contribution < 1.29 is 4.74 Å². The van der Waals surface area contributed by atoms with Crippen LogP contribution in [0.4, 0.5) is 0 Å². The highest BCUT2D eigenvalue weighted by Crippen LogP contribution is 2.43. The molecule has 1 saturated carbocycles. The molecule has 2 aliphatic heterocycles. The number of hydrogen-bond donors (Lipinski definition) is 1. The first-order valence-electron chi connectivity index (χ1n) is 13.8. The van der Waals surface area contributed by atoms with Crippen LogP contribution in [0.2, 0.25) is 0 Å². The summed E-state index contributed by atoms with van der Waals surface area (Å²) in [5.41, 5.74) is 7.19. The van der Waals surface area contributed by atoms with Gasteiger partial charge in [0.2, 0.25) is 0 Å². The summed E-state index contributed by atoms with van der Waals surface area (Å²) in [5.74, 6) is 0.962. The Morgan fingerprint density at radius 3 is 2.43 bits per heavy atom. The molecule has 37 heavy (non-hydrogen) atoms. The molecule has 190 valence electrons. The van der Waals surface area contributed by atoms with Crippen LogP contribution in [-0.2, 0) is 6.42 Å². The van der Waals surface area contributed by atoms with E-state index in [0.29, 0.717) is 5.41 Å². The molecule has 0 bridgehead atoms. The topological polar surface area (TPSA) is 54.7 Å². The highest BCUT2D eigenvalue weighted by molar-refractivity contribution is 5.78. The number of fused-ring (bicyclic) bond motifs is 1. The number of hydrogen-bond acceptors (Lipinski definition) is 5. The van der Waals surface area contributed by atoms with Crippen LogP contribution in [-0.4, -0.2) is 57.8 Å². The third kappa shape index (κ3) is 4.42. The fourth-order valence-electron chi connectivity index (χ4n) is 6.01. The second-order valence-corrected chi connectivity index (χ2v) is 11.4. The van der Waals surface area contributed by atoms with Crippen molar-refractivity contribution in [3.8, 4) is 28.0 Å². The number of rotatable bonds is 7. The van der Waals surface area contributed by atoms with Crippen LogP contribution >= 0.6 is 0 Å². The van der Waals surface area contributed by atoms with Crippen molar-refractivity contribution >= 4 is 5.65 Å². The minimum absolute atomic E-state index is 0.00485. The summed E-state index contributed by atoms with van der Waals surface area (Å²) in [6.07, 6.45) is 11.9. The van der Waals surface area contributed by atoms with Gasteiger partial charge in [-0.2, -0.15) is 5.10 Å². The largest absolute Gasteiger partial charge is 0.486 e. The van der Waals surface area contributed by atoms with Crippen LogP contribution in [0.5, 0.6) is 5.75 Å². The summed E-state index contributed by atoms with van der Waals surface area (Å²) in [5, 5.41) is 8.07. The first-order chi connectivity index (χ1) is 18.1. The lowest BCUT2D eigenvalue weighted by molar-refractivity contribution is 0.0295. The van der Waals surface area contributed by atoms with E-state index in [0.717, 1.165) is 59.5 Å². The zero-order valence-corrected chi connectivity index (χ0v) is 21.6. The Balaban J connectivity index is 1.03. The molecule has 2 saturated heterocycles. The van der Waals surface area contributed by atoms with Gasteiger partial charge in [-0.25, -0.2) is 9.50 Å². The Bertz CT molecular complexity index is 1410. The number of nitrogens with zero attached hydrogens (tertiary/aromatic N) is 4. The van der Waals surface area contributed by atoms with Gasteiger partial charge in [0.25, 0.3) is 0 Å². The van der Waals surface area contributed by atoms with E-state index < -0.39 is 0 Å². The smallest absolute Gasteiger partial charge is 0.162 e. The van der Waals surface area contributed by atoms with Gasteiger partial charge in [0.15, 0.2) is 5.65 Å². The predicted octanol–water partition coefficient (Wildman–Crippen LogP) is 5.22. The summed E-state index contributed by atoms with van der Waals surface area (Å²) >= 11 is 0. The Morgan fingerprint density at radius 2 is 1.73 bits per heavy atom. The fraction of sp³-hybridized carbons (Fsp3) is 0.419. The highest BCUT2D eigenvalue weighted by atomic mass is 16.5. The number of likely N-dealkylation sites (tertiary alicyclic amines) is 1. The van der Waals surface area contributed by atoms with Crippen LogP contribution < -0.4 is 10.1 Å². The molecule has 0 radical (unpaired) electrons. The van der Waals surface area contributed by atoms with E-state index in [4.69, 9.17) is 9.72 Å². The van der Waals surface area contributed by atoms with Crippen molar-refractivity contribution in [2.75, 3.05) is 32.7 Å². The second kappa shape index (κ2) is 8.96. The van der Waals surface area contributed by atoms with Gasteiger partial charge in [0.05, 0.1) is 6.20 Å². The average molecular weight is 494 g/mol. The molecule has 1 N–H and O–H groups in total. The zero-order valence-electron chi connectivity index (χ0n) is 21.6. The van der Waals surface area contributed by atoms with Gasteiger partial charge in [-0.1, -0.05) is 43.3 Å². The molecular weight excluding hydrogens is 458 g/mol. The SMILES string of the molecule is CCc1cccc(-c2cnn3cc(-c4ccc(OC5(CN6CCC7(CC6)CNC7)CC5)cc4)cnc23)c1. The van der Waals surface area contributed by atoms with Gasteiger partial charge < -0.3 is 10.1 Å². The zero-order chi connectivity index (χ0) is 24.9. The lowest BCUT2D eigenvalue weighted by Gasteiger charge is -2.48. The molecule has 2 aromatic carbocycles. The minimum Gasteiger partial charge on any atom is -0.486 e. The van der Waals surface area contributed by atoms with Crippen LogP contribution in [0.15, 0.2) is 67.1 Å². The van der Waals surface area contributed by atoms with Crippen molar-refractivity contribution in [3.63, 3.8) is 0 Å². The van der Waals surface area contributed by atoms with E-state index >= 15 is 0 Å². The van der Waals surface area contributed by atoms with Crippen LogP contribution in [0.1, 0.15) is 38.2 Å². The molecule has 6 heteroatoms. The third-order valence-corrected chi connectivity index (χ3v) is 8.76. The van der Waals surface area contributed by atoms with Gasteiger partial charge in [0, 0.05) is 43.2 Å². The van der Waals surface area contributed by atoms with E-state index in [1.165, 1.54) is 44.6 Å². The normalized spacial score (nSPS) is 20.1. The van der Waals surface area contributed by atoms with E-state index in [1.54, 1.807) is 0 Å². The molecule has 3 aliphatic rings. The number of ether oxygens (including phenoxy) is 1. The quantitative estimate of drug-likeness (QED) is 0.382. The van der Waals surface area contributed by atoms with Crippen molar-refractivity contribution in [1.82, 2.24) is 24.8 Å². The molecule has 3 fully saturated rings. The van der Waals surface area contributed by atoms with E-state index in [9.17, 15) is 0 Å². The molecule has 1 spiro atoms. The predicted molar refractivity (Wildman–Crippen MR) is 147 cm³/mol. The molecule has 2 aromatic heterocycles. The lowest BCUT2D eigenvalue weighted by atomic mass is 9.73. The van der Waals surface area contributed by atoms with Gasteiger partial charge in [-0.15, -0.1) is 0 Å². The Labute approximate surface area is 218 Å². The summed E-state index contributed by atoms with van der Waals surface area (Å²) < 4.78 is 8.44. The van der Waals surface area contributed by atoms with Crippen molar-refractivity contribution in [1.29, 1.82) is 0 Å². The van der Waals surface area contributed by atoms with Crippen molar-refractivity contribution in [3.05, 3.63) is 72.7 Å². The molecule has 6 nitrogen and oxygen atoms in total. The summed E-state index contributed by atoms with van der Waals surface area (Å²) in [6, 6.07) is 17.1. The number of aryl methyl sites for hydroxylation is 1. The Morgan fingerprint density at radius 1 is 0.919 bits per heavy atom. The molecule has 0 unspecified atom stereocenters. The monoisotopic (exact) mass is 493 g/mol. The fourth-order valence-corrected chi connectivity index (χ4v) is 6.01. The van der Waals surface area contributed by atoms with Crippen molar-refractivity contribution in [2.24, 2.45) is 5.41 Å². The van der Waals surface area contributed by atoms with Crippen LogP contribution in [0.25, 0.3) is 27.9 Å². The van der Waals surface area contributed by atoms with E-state index in [1.807, 2.05) is 16.9 Å². The van der Waals surface area contributed by atoms with Gasteiger partial charge in [-0.3, -0.25) is 4.90 Å². The number of nitrogens with one attached hydrogen (secondary N) is 1. The third-order valence-electron chi connectivity index (χ3n) is 8.76. The molecule has 4 aromatic rings. The molecule has 4 heterocycles. The van der Waals surface area contributed by atoms with E-state index in [2.05, 4.69) is 77.0 Å². The minimum atomic E-state index is 0.00485. The number of benzene rings is 2. The average Bonchev–Trinajstić information content (AvgIpc) is 3.53. The maximum absolute atomic E-state index is 6.55. The number of piperidine rings is 1. The Hall–Kier alpha value is -3.22. The first-order valence-corrected chi connectivity index (χ1v) is 13.8. The second-order valence-electron chi connectivity index (χ2n) is 11.4. The Kier molecular flexibility index (Phi) is 5.56. The lowest BCUT2D eigenvalue weighted by Crippen LogP contribution is -2.58. The van der Waals surface area contributed by atoms with Crippen LogP contribution in [0, 0.1) is 5.41 Å². The highest BCUT2D eigenvalue weighted by Gasteiger charge is 2.48. The van der Waals surface area contributed by atoms with E-state index in [-0.39, 0.29) is 5.60 Å². The van der Waals surface area contributed by atoms with Crippen LogP contribution in [0.3, 0.4) is 0 Å². The maximum Gasteiger partial charge on any atom is 0.162 e. The van der Waals surface area contributed by atoms with Gasteiger partial charge in [0.1, 0.15) is 11.4 Å². The maximum atomic E-state index is 6.55. The summed E-state index contributed by atoms with van der Waals surface area (Å²) in [6.45, 7) is 8.08. The van der Waals surface area contributed by atoms with Crippen molar-refractivity contribution in [2.45, 2.75) is 44.6 Å². The summed E-state index contributed by atoms with van der Waals surface area (Å²) in [7, 11) is 0. The first kappa shape index (κ1) is 22.9. The van der Waals surface area contributed by atoms with Gasteiger partial charge in [-0.05, 0) is 79.4 Å². The molecule has 7 rings (SSSR count). The summed E-state index contributed by atoms with van der Waals surface area (Å²) in [4.78, 5) is 7.41. The molecule has 1 aliphatic carbocycles.